The van der Waals surface area contributed by atoms with Crippen LogP contribution in [0.3, 0.4) is 0 Å². The Labute approximate surface area is 77.7 Å². The fraction of sp³-hybridized carbons (Fsp3) is 0.833. The van der Waals surface area contributed by atoms with E-state index in [9.17, 15) is 13.2 Å². The third-order valence-electron chi connectivity index (χ3n) is 1.38. The molecule has 0 aliphatic rings. The summed E-state index contributed by atoms with van der Waals surface area (Å²) in [7, 11) is -2.37. The molecule has 0 bridgehead atoms. The highest BCUT2D eigenvalue weighted by Crippen LogP contribution is 1.98. The minimum absolute atomic E-state index is 0.204. The highest BCUT2D eigenvalue weighted by molar-refractivity contribution is 7.87. The summed E-state index contributed by atoms with van der Waals surface area (Å²) in [5.74, 6) is -1.16. The van der Waals surface area contributed by atoms with Gasteiger partial charge in [0, 0.05) is 13.6 Å². The largest absolute Gasteiger partial charge is 0.480 e. The Kier molecular flexibility index (Phi) is 4.89. The number of carboxylic acid groups (broad SMARTS) is 1. The minimum atomic E-state index is -3.62. The zero-order valence-corrected chi connectivity index (χ0v) is 8.47. The van der Waals surface area contributed by atoms with Crippen LogP contribution in [0.2, 0.25) is 0 Å². The van der Waals surface area contributed by atoms with Crippen molar-refractivity contribution in [1.29, 1.82) is 0 Å². The normalized spacial score (nSPS) is 11.9. The van der Waals surface area contributed by atoms with E-state index in [0.717, 1.165) is 4.31 Å². The molecule has 0 heterocycles. The van der Waals surface area contributed by atoms with Gasteiger partial charge in [-0.2, -0.15) is 12.7 Å². The van der Waals surface area contributed by atoms with Gasteiger partial charge in [0.1, 0.15) is 6.54 Å². The van der Waals surface area contributed by atoms with Gasteiger partial charge in [-0.25, -0.2) is 4.72 Å². The number of nitrogens with one attached hydrogen (secondary N) is 1. The third kappa shape index (κ3) is 4.20. The molecule has 0 aromatic rings. The van der Waals surface area contributed by atoms with Gasteiger partial charge < -0.3 is 5.11 Å². The van der Waals surface area contributed by atoms with Crippen molar-refractivity contribution in [3.63, 3.8) is 0 Å². The number of nitrogens with zero attached hydrogens (tertiary/aromatic N) is 1. The molecule has 0 fully saturated rings. The smallest absolute Gasteiger partial charge is 0.318 e. The van der Waals surface area contributed by atoms with Crippen LogP contribution in [0.1, 0.15) is 13.3 Å². The summed E-state index contributed by atoms with van der Waals surface area (Å²) >= 11 is 0. The molecular formula is C6H14N2O4S. The van der Waals surface area contributed by atoms with Crippen molar-refractivity contribution in [3.05, 3.63) is 0 Å². The van der Waals surface area contributed by atoms with E-state index < -0.39 is 22.7 Å². The fourth-order valence-corrected chi connectivity index (χ4v) is 1.78. The average Bonchev–Trinajstić information content (AvgIpc) is 2.03. The molecule has 6 nitrogen and oxygen atoms in total. The van der Waals surface area contributed by atoms with Gasteiger partial charge in [-0.15, -0.1) is 0 Å². The number of aliphatic carboxylic acids is 1. The van der Waals surface area contributed by atoms with E-state index in [1.807, 2.05) is 0 Å². The summed E-state index contributed by atoms with van der Waals surface area (Å²) in [4.78, 5) is 10.3. The molecule has 0 aliphatic heterocycles. The standard InChI is InChI=1S/C6H14N2O4S/c1-3-4-8(5-6(9)10)13(11,12)7-2/h7H,3-5H2,1-2H3,(H,9,10). The summed E-state index contributed by atoms with van der Waals surface area (Å²) < 4.78 is 25.3. The van der Waals surface area contributed by atoms with Gasteiger partial charge in [0.2, 0.25) is 0 Å². The molecule has 0 radical (unpaired) electrons. The van der Waals surface area contributed by atoms with Crippen LogP contribution in [0.5, 0.6) is 0 Å². The van der Waals surface area contributed by atoms with Gasteiger partial charge in [0.05, 0.1) is 0 Å². The maximum Gasteiger partial charge on any atom is 0.318 e. The molecule has 78 valence electrons. The van der Waals surface area contributed by atoms with Crippen molar-refractivity contribution in [2.75, 3.05) is 20.1 Å². The third-order valence-corrected chi connectivity index (χ3v) is 2.89. The highest BCUT2D eigenvalue weighted by Gasteiger charge is 2.21. The maximum absolute atomic E-state index is 11.2. The first-order valence-corrected chi connectivity index (χ1v) is 5.28. The van der Waals surface area contributed by atoms with E-state index in [1.165, 1.54) is 7.05 Å². The number of hydrogen-bond acceptors (Lipinski definition) is 3. The van der Waals surface area contributed by atoms with E-state index in [0.29, 0.717) is 6.42 Å². The van der Waals surface area contributed by atoms with E-state index in [-0.39, 0.29) is 6.54 Å². The van der Waals surface area contributed by atoms with Gasteiger partial charge in [-0.3, -0.25) is 4.79 Å². The van der Waals surface area contributed by atoms with Gasteiger partial charge in [-0.05, 0) is 6.42 Å². The van der Waals surface area contributed by atoms with Crippen LogP contribution in [0.15, 0.2) is 0 Å². The quantitative estimate of drug-likeness (QED) is 0.603. The Hall–Kier alpha value is -0.660. The van der Waals surface area contributed by atoms with Gasteiger partial charge >= 0.3 is 5.97 Å². The summed E-state index contributed by atoms with van der Waals surface area (Å²) in [5, 5.41) is 8.44. The molecule has 2 N–H and O–H groups in total. The van der Waals surface area contributed by atoms with E-state index in [4.69, 9.17) is 5.11 Å². The summed E-state index contributed by atoms with van der Waals surface area (Å²) in [6.07, 6.45) is 0.578. The Morgan fingerprint density at radius 2 is 2.08 bits per heavy atom. The van der Waals surface area contributed by atoms with Gasteiger partial charge in [-0.1, -0.05) is 6.92 Å². The molecule has 0 amide bonds. The van der Waals surface area contributed by atoms with Crippen molar-refractivity contribution < 1.29 is 18.3 Å². The Bertz CT molecular complexity index is 262. The second kappa shape index (κ2) is 5.15. The first-order chi connectivity index (χ1) is 5.94. The van der Waals surface area contributed by atoms with Crippen LogP contribution in [0, 0.1) is 0 Å². The molecule has 0 saturated carbocycles. The molecule has 0 saturated heterocycles. The number of carbonyl (C=O) groups is 1. The van der Waals surface area contributed by atoms with Crippen LogP contribution in [-0.4, -0.2) is 43.9 Å². The number of carboxylic acids is 1. The van der Waals surface area contributed by atoms with Crippen LogP contribution in [0.25, 0.3) is 0 Å². The zero-order chi connectivity index (χ0) is 10.5. The molecule has 0 aromatic heterocycles. The molecule has 13 heavy (non-hydrogen) atoms. The Morgan fingerprint density at radius 3 is 2.38 bits per heavy atom. The lowest BCUT2D eigenvalue weighted by Gasteiger charge is -2.18. The van der Waals surface area contributed by atoms with Crippen LogP contribution >= 0.6 is 0 Å². The van der Waals surface area contributed by atoms with E-state index in [1.54, 1.807) is 6.92 Å². The van der Waals surface area contributed by atoms with E-state index >= 15 is 0 Å². The molecule has 0 atom stereocenters. The van der Waals surface area contributed by atoms with Crippen molar-refractivity contribution in [1.82, 2.24) is 9.03 Å². The lowest BCUT2D eigenvalue weighted by molar-refractivity contribution is -0.137. The van der Waals surface area contributed by atoms with Gasteiger partial charge in [0.15, 0.2) is 0 Å². The lowest BCUT2D eigenvalue weighted by atomic mass is 10.5. The van der Waals surface area contributed by atoms with Crippen molar-refractivity contribution in [2.45, 2.75) is 13.3 Å². The van der Waals surface area contributed by atoms with Crippen LogP contribution < -0.4 is 4.72 Å². The Balaban J connectivity index is 4.51. The fourth-order valence-electron chi connectivity index (χ4n) is 0.814. The topological polar surface area (TPSA) is 86.7 Å². The molecular weight excluding hydrogens is 196 g/mol. The average molecular weight is 210 g/mol. The van der Waals surface area contributed by atoms with Crippen LogP contribution in [-0.2, 0) is 15.0 Å². The highest BCUT2D eigenvalue weighted by atomic mass is 32.2. The predicted molar refractivity (Wildman–Crippen MR) is 47.5 cm³/mol. The summed E-state index contributed by atoms with van der Waals surface area (Å²) in [6, 6.07) is 0. The minimum Gasteiger partial charge on any atom is -0.480 e. The van der Waals surface area contributed by atoms with Gasteiger partial charge in [0.25, 0.3) is 10.2 Å². The molecule has 0 rings (SSSR count). The zero-order valence-electron chi connectivity index (χ0n) is 7.65. The molecule has 0 unspecified atom stereocenters. The lowest BCUT2D eigenvalue weighted by Crippen LogP contribution is -2.42. The molecule has 7 heteroatoms. The first kappa shape index (κ1) is 12.3. The summed E-state index contributed by atoms with van der Waals surface area (Å²) in [5.41, 5.74) is 0. The van der Waals surface area contributed by atoms with Crippen molar-refractivity contribution >= 4 is 16.2 Å². The van der Waals surface area contributed by atoms with Crippen LogP contribution in [0.4, 0.5) is 0 Å². The Morgan fingerprint density at radius 1 is 1.54 bits per heavy atom. The van der Waals surface area contributed by atoms with Crippen molar-refractivity contribution in [3.8, 4) is 0 Å². The molecule has 0 aromatic carbocycles. The predicted octanol–water partition coefficient (Wildman–Crippen LogP) is -0.753. The number of hydrogen-bond donors (Lipinski definition) is 2. The first-order valence-electron chi connectivity index (χ1n) is 3.84. The van der Waals surface area contributed by atoms with E-state index in [2.05, 4.69) is 4.72 Å². The second-order valence-electron chi connectivity index (χ2n) is 2.44. The second-order valence-corrected chi connectivity index (χ2v) is 4.31. The SMILES string of the molecule is CCCN(CC(=O)O)S(=O)(=O)NC. The maximum atomic E-state index is 11.2. The monoisotopic (exact) mass is 210 g/mol. The molecule has 0 spiro atoms. The van der Waals surface area contributed by atoms with Crippen molar-refractivity contribution in [2.24, 2.45) is 0 Å². The summed E-state index contributed by atoms with van der Waals surface area (Å²) in [6.45, 7) is 1.48. The number of rotatable bonds is 6. The molecule has 0 aliphatic carbocycles.